The Morgan fingerprint density at radius 2 is 1.60 bits per heavy atom. The van der Waals surface area contributed by atoms with Crippen LogP contribution in [0, 0.1) is 6.92 Å². The van der Waals surface area contributed by atoms with E-state index in [4.69, 9.17) is 0 Å². The summed E-state index contributed by atoms with van der Waals surface area (Å²) >= 11 is 0.897. The number of carbonyl (C=O) groups is 1. The lowest BCUT2D eigenvalue weighted by Gasteiger charge is -2.33. The summed E-state index contributed by atoms with van der Waals surface area (Å²) in [6, 6.07) is 12.1. The minimum atomic E-state index is -4.65. The number of para-hydroxylation sites is 1. The van der Waals surface area contributed by atoms with Gasteiger partial charge in [-0.15, -0.1) is 0 Å². The second kappa shape index (κ2) is 13.0. The molecule has 3 heterocycles. The number of benzene rings is 2. The zero-order valence-electron chi connectivity index (χ0n) is 24.2. The molecule has 1 saturated heterocycles. The van der Waals surface area contributed by atoms with Crippen molar-refractivity contribution in [1.29, 1.82) is 0 Å². The Kier molecular flexibility index (Phi) is 9.32. The average molecular weight is 650 g/mol. The number of likely N-dealkylation sites (N-methyl/N-ethyl adjacent to an activating group) is 1. The minimum absolute atomic E-state index is 0.0526. The van der Waals surface area contributed by atoms with Crippen molar-refractivity contribution in [1.82, 2.24) is 19.8 Å². The van der Waals surface area contributed by atoms with Gasteiger partial charge in [0.05, 0.1) is 23.0 Å². The molecule has 238 valence electrons. The number of amides is 1. The monoisotopic (exact) mass is 649 g/mol. The van der Waals surface area contributed by atoms with Crippen LogP contribution in [-0.4, -0.2) is 58.9 Å². The summed E-state index contributed by atoms with van der Waals surface area (Å²) in [5.41, 5.74) is -0.606. The van der Waals surface area contributed by atoms with Crippen LogP contribution in [0.3, 0.4) is 0 Å². The topological polar surface area (TPSA) is 85.4 Å². The van der Waals surface area contributed by atoms with Crippen molar-refractivity contribution in [3.05, 3.63) is 88.1 Å². The lowest BCUT2D eigenvalue weighted by atomic mass is 10.0. The van der Waals surface area contributed by atoms with E-state index in [1.54, 1.807) is 25.1 Å². The fourth-order valence-corrected chi connectivity index (χ4v) is 5.56. The molecule has 0 aliphatic carbocycles. The second-order valence-corrected chi connectivity index (χ2v) is 11.6. The van der Waals surface area contributed by atoms with E-state index in [-0.39, 0.29) is 33.5 Å². The number of hydrogen-bond acceptors (Lipinski definition) is 8. The standard InChI is InChI=1S/C30H29F6N7OS/c1-18-13-21(39-20-8-7-19(23(14-20)30(34,35)36)17-43-11-9-42(2)10-12-43)15-26(38-18)41-28-37-16-25(45-28)27(44)40-24-6-4-3-5-22(24)29(31,32)33/h3-8,13-16H,9-12,17H2,1-2H3,(H,40,44)(H2,37,38,39,41). The van der Waals surface area contributed by atoms with E-state index in [9.17, 15) is 31.1 Å². The molecule has 0 saturated carbocycles. The third kappa shape index (κ3) is 8.29. The molecule has 1 aliphatic heterocycles. The Bertz CT molecular complexity index is 1670. The molecular formula is C30H29F6N7OS. The molecule has 0 unspecified atom stereocenters. The van der Waals surface area contributed by atoms with Crippen molar-refractivity contribution in [2.45, 2.75) is 25.8 Å². The van der Waals surface area contributed by atoms with E-state index in [0.29, 0.717) is 30.3 Å². The van der Waals surface area contributed by atoms with E-state index in [2.05, 4.69) is 30.8 Å². The Morgan fingerprint density at radius 3 is 2.31 bits per heavy atom. The molecule has 15 heteroatoms. The summed E-state index contributed by atoms with van der Waals surface area (Å²) in [7, 11) is 1.99. The predicted octanol–water partition coefficient (Wildman–Crippen LogP) is 7.37. The van der Waals surface area contributed by atoms with Crippen molar-refractivity contribution in [2.75, 3.05) is 49.2 Å². The summed E-state index contributed by atoms with van der Waals surface area (Å²) < 4.78 is 82.0. The van der Waals surface area contributed by atoms with E-state index < -0.39 is 29.4 Å². The zero-order chi connectivity index (χ0) is 32.4. The molecule has 0 spiro atoms. The molecule has 2 aromatic carbocycles. The molecule has 4 aromatic rings. The van der Waals surface area contributed by atoms with Gasteiger partial charge in [0.15, 0.2) is 5.13 Å². The Hall–Kier alpha value is -4.21. The van der Waals surface area contributed by atoms with E-state index in [1.165, 1.54) is 24.4 Å². The van der Waals surface area contributed by atoms with Gasteiger partial charge in [0.2, 0.25) is 0 Å². The van der Waals surface area contributed by atoms with Gasteiger partial charge in [0.25, 0.3) is 5.91 Å². The molecule has 1 aliphatic rings. The third-order valence-electron chi connectivity index (χ3n) is 7.09. The number of nitrogens with one attached hydrogen (secondary N) is 3. The molecule has 2 aromatic heterocycles. The number of thiazole rings is 1. The number of piperazine rings is 1. The minimum Gasteiger partial charge on any atom is -0.355 e. The van der Waals surface area contributed by atoms with Crippen LogP contribution >= 0.6 is 11.3 Å². The van der Waals surface area contributed by atoms with Crippen LogP contribution in [-0.2, 0) is 18.9 Å². The third-order valence-corrected chi connectivity index (χ3v) is 8.00. The number of carbonyl (C=O) groups excluding carboxylic acids is 1. The van der Waals surface area contributed by atoms with Crippen LogP contribution < -0.4 is 16.0 Å². The first-order valence-electron chi connectivity index (χ1n) is 13.8. The lowest BCUT2D eigenvalue weighted by molar-refractivity contribution is -0.138. The van der Waals surface area contributed by atoms with Crippen molar-refractivity contribution in [3.8, 4) is 0 Å². The first-order valence-corrected chi connectivity index (χ1v) is 14.6. The first kappa shape index (κ1) is 32.2. The van der Waals surface area contributed by atoms with Gasteiger partial charge in [-0.05, 0) is 49.9 Å². The maximum atomic E-state index is 14.0. The number of aryl methyl sites for hydroxylation is 1. The zero-order valence-corrected chi connectivity index (χ0v) is 25.0. The maximum absolute atomic E-state index is 14.0. The van der Waals surface area contributed by atoms with Crippen LogP contribution in [0.1, 0.15) is 32.1 Å². The van der Waals surface area contributed by atoms with Crippen LogP contribution in [0.4, 0.5) is 54.4 Å². The average Bonchev–Trinajstić information content (AvgIpc) is 3.42. The number of alkyl halides is 6. The van der Waals surface area contributed by atoms with Crippen molar-refractivity contribution >= 4 is 45.3 Å². The van der Waals surface area contributed by atoms with Gasteiger partial charge in [-0.1, -0.05) is 29.5 Å². The Balaban J connectivity index is 1.29. The highest BCUT2D eigenvalue weighted by Crippen LogP contribution is 2.37. The van der Waals surface area contributed by atoms with Gasteiger partial charge in [-0.25, -0.2) is 9.97 Å². The first-order chi connectivity index (χ1) is 21.2. The molecule has 1 amide bonds. The van der Waals surface area contributed by atoms with E-state index >= 15 is 0 Å². The SMILES string of the molecule is Cc1cc(Nc2ccc(CN3CCN(C)CC3)c(C(F)(F)F)c2)cc(Nc2ncc(C(=O)Nc3ccccc3C(F)(F)F)s2)n1. The van der Waals surface area contributed by atoms with Crippen molar-refractivity contribution in [3.63, 3.8) is 0 Å². The highest BCUT2D eigenvalue weighted by atomic mass is 32.1. The van der Waals surface area contributed by atoms with Gasteiger partial charge in [-0.3, -0.25) is 9.69 Å². The number of aromatic nitrogens is 2. The largest absolute Gasteiger partial charge is 0.418 e. The van der Waals surface area contributed by atoms with Crippen LogP contribution in [0.2, 0.25) is 0 Å². The molecule has 3 N–H and O–H groups in total. The molecular weight excluding hydrogens is 620 g/mol. The number of hydrogen-bond donors (Lipinski definition) is 3. The molecule has 0 atom stereocenters. The number of nitrogens with zero attached hydrogens (tertiary/aromatic N) is 4. The molecule has 0 radical (unpaired) electrons. The van der Waals surface area contributed by atoms with Crippen LogP contribution in [0.25, 0.3) is 0 Å². The normalized spacial score (nSPS) is 14.8. The van der Waals surface area contributed by atoms with E-state index in [0.717, 1.165) is 42.6 Å². The highest BCUT2D eigenvalue weighted by Gasteiger charge is 2.35. The smallest absolute Gasteiger partial charge is 0.355 e. The Labute approximate surface area is 259 Å². The number of halogens is 6. The summed E-state index contributed by atoms with van der Waals surface area (Å²) in [6.07, 6.45) is -7.96. The lowest BCUT2D eigenvalue weighted by Crippen LogP contribution is -2.44. The van der Waals surface area contributed by atoms with Gasteiger partial charge >= 0.3 is 12.4 Å². The van der Waals surface area contributed by atoms with Crippen molar-refractivity contribution < 1.29 is 31.1 Å². The maximum Gasteiger partial charge on any atom is 0.418 e. The van der Waals surface area contributed by atoms with Gasteiger partial charge in [0, 0.05) is 55.9 Å². The van der Waals surface area contributed by atoms with Crippen LogP contribution in [0.5, 0.6) is 0 Å². The van der Waals surface area contributed by atoms with Gasteiger partial charge in [0.1, 0.15) is 10.7 Å². The van der Waals surface area contributed by atoms with Crippen molar-refractivity contribution in [2.24, 2.45) is 0 Å². The van der Waals surface area contributed by atoms with Gasteiger partial charge in [-0.2, -0.15) is 26.3 Å². The quantitative estimate of drug-likeness (QED) is 0.172. The van der Waals surface area contributed by atoms with Gasteiger partial charge < -0.3 is 20.9 Å². The number of rotatable bonds is 8. The van der Waals surface area contributed by atoms with E-state index in [1.807, 2.05) is 11.9 Å². The fraction of sp³-hybridized carbons (Fsp3) is 0.300. The predicted molar refractivity (Wildman–Crippen MR) is 161 cm³/mol. The summed E-state index contributed by atoms with van der Waals surface area (Å²) in [5, 5.41) is 8.47. The Morgan fingerprint density at radius 1 is 0.889 bits per heavy atom. The number of anilines is 5. The molecule has 8 nitrogen and oxygen atoms in total. The van der Waals surface area contributed by atoms with Crippen LogP contribution in [0.15, 0.2) is 60.8 Å². The summed E-state index contributed by atoms with van der Waals surface area (Å²) in [6.45, 7) is 4.88. The summed E-state index contributed by atoms with van der Waals surface area (Å²) in [5.74, 6) is -0.475. The molecule has 1 fully saturated rings. The molecule has 45 heavy (non-hydrogen) atoms. The summed E-state index contributed by atoms with van der Waals surface area (Å²) in [4.78, 5) is 25.4. The second-order valence-electron chi connectivity index (χ2n) is 10.6. The highest BCUT2D eigenvalue weighted by molar-refractivity contribution is 7.17. The fourth-order valence-electron chi connectivity index (χ4n) is 4.84. The molecule has 5 rings (SSSR count). The molecule has 0 bridgehead atoms. The number of pyridine rings is 1.